The smallest absolute Gasteiger partial charge is 0.236 e. The van der Waals surface area contributed by atoms with E-state index in [9.17, 15) is 0 Å². The zero-order valence-electron chi connectivity index (χ0n) is 11.8. The highest BCUT2D eigenvalue weighted by Gasteiger charge is 2.13. The van der Waals surface area contributed by atoms with E-state index >= 15 is 0 Å². The molecule has 0 aliphatic carbocycles. The first-order chi connectivity index (χ1) is 9.81. The monoisotopic (exact) mass is 270 g/mol. The van der Waals surface area contributed by atoms with Crippen LogP contribution in [0.5, 0.6) is 0 Å². The minimum absolute atomic E-state index is 0.586. The molecule has 1 aromatic carbocycles. The van der Waals surface area contributed by atoms with Gasteiger partial charge >= 0.3 is 0 Å². The molecule has 104 valence electrons. The summed E-state index contributed by atoms with van der Waals surface area (Å²) in [7, 11) is 0. The van der Waals surface area contributed by atoms with Crippen LogP contribution in [0, 0.1) is 0 Å². The lowest BCUT2D eigenvalue weighted by Crippen LogP contribution is -2.05. The number of fused-ring (bicyclic) bond motifs is 1. The third kappa shape index (κ3) is 2.31. The average Bonchev–Trinajstić information content (AvgIpc) is 3.05. The summed E-state index contributed by atoms with van der Waals surface area (Å²) in [6.45, 7) is 4.75. The van der Waals surface area contributed by atoms with E-state index in [0.717, 1.165) is 36.1 Å². The van der Waals surface area contributed by atoms with Gasteiger partial charge in [0.25, 0.3) is 0 Å². The molecule has 20 heavy (non-hydrogen) atoms. The highest BCUT2D eigenvalue weighted by molar-refractivity contribution is 5.75. The minimum Gasteiger partial charge on any atom is -0.423 e. The molecule has 3 aromatic rings. The summed E-state index contributed by atoms with van der Waals surface area (Å²) in [6.07, 6.45) is 2.77. The van der Waals surface area contributed by atoms with Gasteiger partial charge in [-0.1, -0.05) is 26.0 Å². The molecule has 0 aliphatic rings. The van der Waals surface area contributed by atoms with Crippen molar-refractivity contribution in [2.45, 2.75) is 39.7 Å². The number of para-hydroxylation sites is 2. The lowest BCUT2D eigenvalue weighted by atomic mass is 10.3. The van der Waals surface area contributed by atoms with Crippen LogP contribution < -0.4 is 0 Å². The normalized spacial score (nSPS) is 11.3. The summed E-state index contributed by atoms with van der Waals surface area (Å²) < 4.78 is 7.79. The Kier molecular flexibility index (Phi) is 3.50. The number of aromatic nitrogens is 4. The molecule has 0 aliphatic heterocycles. The SMILES string of the molecule is CCCc1nc2ccccc2n1Cc1nnc(CC)o1. The largest absolute Gasteiger partial charge is 0.423 e. The van der Waals surface area contributed by atoms with Crippen LogP contribution >= 0.6 is 0 Å². The van der Waals surface area contributed by atoms with Crippen molar-refractivity contribution in [2.75, 3.05) is 0 Å². The molecule has 0 radical (unpaired) electrons. The highest BCUT2D eigenvalue weighted by Crippen LogP contribution is 2.18. The lowest BCUT2D eigenvalue weighted by molar-refractivity contribution is 0.441. The van der Waals surface area contributed by atoms with Gasteiger partial charge in [-0.2, -0.15) is 0 Å². The summed E-state index contributed by atoms with van der Waals surface area (Å²) >= 11 is 0. The van der Waals surface area contributed by atoms with E-state index in [0.29, 0.717) is 18.3 Å². The van der Waals surface area contributed by atoms with Crippen molar-refractivity contribution < 1.29 is 4.42 Å². The molecular weight excluding hydrogens is 252 g/mol. The topological polar surface area (TPSA) is 56.7 Å². The Labute approximate surface area is 117 Å². The fraction of sp³-hybridized carbons (Fsp3) is 0.400. The van der Waals surface area contributed by atoms with Crippen molar-refractivity contribution in [3.8, 4) is 0 Å². The average molecular weight is 270 g/mol. The van der Waals surface area contributed by atoms with Gasteiger partial charge < -0.3 is 8.98 Å². The zero-order valence-corrected chi connectivity index (χ0v) is 11.8. The van der Waals surface area contributed by atoms with Gasteiger partial charge in [0, 0.05) is 12.8 Å². The molecule has 3 rings (SSSR count). The Bertz CT molecular complexity index is 714. The van der Waals surface area contributed by atoms with E-state index in [2.05, 4.69) is 27.8 Å². The van der Waals surface area contributed by atoms with E-state index < -0.39 is 0 Å². The summed E-state index contributed by atoms with van der Waals surface area (Å²) in [5, 5.41) is 8.13. The van der Waals surface area contributed by atoms with Crippen molar-refractivity contribution in [3.05, 3.63) is 41.9 Å². The predicted molar refractivity (Wildman–Crippen MR) is 76.5 cm³/mol. The summed E-state index contributed by atoms with van der Waals surface area (Å²) in [6, 6.07) is 8.16. The molecule has 0 saturated carbocycles. The number of nitrogens with zero attached hydrogens (tertiary/aromatic N) is 4. The van der Waals surface area contributed by atoms with E-state index in [1.807, 2.05) is 25.1 Å². The van der Waals surface area contributed by atoms with Crippen LogP contribution in [0.15, 0.2) is 28.7 Å². The molecule has 0 saturated heterocycles. The molecule has 0 unspecified atom stereocenters. The molecule has 2 aromatic heterocycles. The van der Waals surface area contributed by atoms with Gasteiger partial charge in [-0.3, -0.25) is 0 Å². The predicted octanol–water partition coefficient (Wildman–Crippen LogP) is 2.98. The van der Waals surface area contributed by atoms with Crippen LogP contribution in [0.4, 0.5) is 0 Å². The van der Waals surface area contributed by atoms with E-state index in [4.69, 9.17) is 9.40 Å². The summed E-state index contributed by atoms with van der Waals surface area (Å²) in [4.78, 5) is 4.70. The molecule has 0 amide bonds. The zero-order chi connectivity index (χ0) is 13.9. The molecule has 0 spiro atoms. The number of hydrogen-bond acceptors (Lipinski definition) is 4. The summed E-state index contributed by atoms with van der Waals surface area (Å²) in [5.41, 5.74) is 2.14. The van der Waals surface area contributed by atoms with Crippen molar-refractivity contribution in [3.63, 3.8) is 0 Å². The second-order valence-corrected chi connectivity index (χ2v) is 4.80. The minimum atomic E-state index is 0.586. The van der Waals surface area contributed by atoms with Gasteiger partial charge in [0.15, 0.2) is 0 Å². The molecule has 0 bridgehead atoms. The Morgan fingerprint density at radius 3 is 2.65 bits per heavy atom. The molecule has 0 atom stereocenters. The Hall–Kier alpha value is -2.17. The van der Waals surface area contributed by atoms with Crippen molar-refractivity contribution in [2.24, 2.45) is 0 Å². The van der Waals surface area contributed by atoms with Crippen molar-refractivity contribution >= 4 is 11.0 Å². The van der Waals surface area contributed by atoms with Crippen LogP contribution in [0.2, 0.25) is 0 Å². The van der Waals surface area contributed by atoms with Crippen LogP contribution in [0.3, 0.4) is 0 Å². The maximum absolute atomic E-state index is 5.62. The van der Waals surface area contributed by atoms with Crippen molar-refractivity contribution in [1.29, 1.82) is 0 Å². The van der Waals surface area contributed by atoms with Crippen LogP contribution in [-0.4, -0.2) is 19.7 Å². The van der Waals surface area contributed by atoms with Gasteiger partial charge in [0.1, 0.15) is 12.4 Å². The Morgan fingerprint density at radius 2 is 1.90 bits per heavy atom. The van der Waals surface area contributed by atoms with E-state index in [1.165, 1.54) is 0 Å². The lowest BCUT2D eigenvalue weighted by Gasteiger charge is -2.05. The standard InChI is InChI=1S/C15H18N4O/c1-3-7-13-16-11-8-5-6-9-12(11)19(13)10-15-18-17-14(4-2)20-15/h5-6,8-9H,3-4,7,10H2,1-2H3. The molecular formula is C15H18N4O. The first-order valence-electron chi connectivity index (χ1n) is 7.07. The van der Waals surface area contributed by atoms with Crippen molar-refractivity contribution in [1.82, 2.24) is 19.7 Å². The third-order valence-corrected chi connectivity index (χ3v) is 3.31. The van der Waals surface area contributed by atoms with Crippen LogP contribution in [0.1, 0.15) is 37.9 Å². The number of aryl methyl sites for hydroxylation is 2. The number of imidazole rings is 1. The maximum Gasteiger partial charge on any atom is 0.236 e. The number of rotatable bonds is 5. The Morgan fingerprint density at radius 1 is 1.10 bits per heavy atom. The molecule has 5 nitrogen and oxygen atoms in total. The first-order valence-corrected chi connectivity index (χ1v) is 7.07. The first kappa shape index (κ1) is 12.8. The van der Waals surface area contributed by atoms with Gasteiger partial charge in [-0.25, -0.2) is 4.98 Å². The van der Waals surface area contributed by atoms with Gasteiger partial charge in [0.05, 0.1) is 11.0 Å². The van der Waals surface area contributed by atoms with Gasteiger partial charge in [-0.05, 0) is 18.6 Å². The second-order valence-electron chi connectivity index (χ2n) is 4.80. The fourth-order valence-electron chi connectivity index (χ4n) is 2.35. The quantitative estimate of drug-likeness (QED) is 0.715. The Balaban J connectivity index is 2.01. The summed E-state index contributed by atoms with van der Waals surface area (Å²) in [5.74, 6) is 2.40. The molecule has 2 heterocycles. The molecule has 0 N–H and O–H groups in total. The molecule has 0 fully saturated rings. The van der Waals surface area contributed by atoms with Crippen LogP contribution in [0.25, 0.3) is 11.0 Å². The van der Waals surface area contributed by atoms with Gasteiger partial charge in [0.2, 0.25) is 11.8 Å². The highest BCUT2D eigenvalue weighted by atomic mass is 16.4. The van der Waals surface area contributed by atoms with E-state index in [-0.39, 0.29) is 0 Å². The molecule has 5 heteroatoms. The third-order valence-electron chi connectivity index (χ3n) is 3.31. The van der Waals surface area contributed by atoms with Gasteiger partial charge in [-0.15, -0.1) is 10.2 Å². The fourth-order valence-corrected chi connectivity index (χ4v) is 2.35. The number of hydrogen-bond donors (Lipinski definition) is 0. The maximum atomic E-state index is 5.62. The number of benzene rings is 1. The second kappa shape index (κ2) is 5.45. The van der Waals surface area contributed by atoms with Crippen LogP contribution in [-0.2, 0) is 19.4 Å². The van der Waals surface area contributed by atoms with E-state index in [1.54, 1.807) is 0 Å².